The van der Waals surface area contributed by atoms with Crippen LogP contribution in [0.4, 0.5) is 0 Å². The van der Waals surface area contributed by atoms with Gasteiger partial charge in [0.2, 0.25) is 5.91 Å². The molecule has 1 heterocycles. The Bertz CT molecular complexity index is 671. The molecule has 2 rings (SSSR count). The summed E-state index contributed by atoms with van der Waals surface area (Å²) >= 11 is 0. The first-order valence-corrected chi connectivity index (χ1v) is 7.54. The van der Waals surface area contributed by atoms with Crippen molar-refractivity contribution in [3.63, 3.8) is 0 Å². The number of nitrogens with zero attached hydrogens (tertiary/aromatic N) is 2. The molecule has 0 unspecified atom stereocenters. The van der Waals surface area contributed by atoms with E-state index in [0.29, 0.717) is 12.1 Å². The first-order valence-electron chi connectivity index (χ1n) is 7.54. The van der Waals surface area contributed by atoms with Crippen molar-refractivity contribution in [3.05, 3.63) is 65.5 Å². The lowest BCUT2D eigenvalue weighted by Crippen LogP contribution is -2.39. The summed E-state index contributed by atoms with van der Waals surface area (Å²) in [5, 5.41) is 2.66. The Morgan fingerprint density at radius 1 is 1.17 bits per heavy atom. The van der Waals surface area contributed by atoms with Crippen LogP contribution in [0.3, 0.4) is 0 Å². The molecule has 0 atom stereocenters. The van der Waals surface area contributed by atoms with Crippen molar-refractivity contribution in [2.24, 2.45) is 0 Å². The molecule has 0 aliphatic carbocycles. The van der Waals surface area contributed by atoms with Crippen LogP contribution < -0.4 is 5.32 Å². The molecule has 5 nitrogen and oxygen atoms in total. The van der Waals surface area contributed by atoms with Gasteiger partial charge in [0.15, 0.2) is 0 Å². The van der Waals surface area contributed by atoms with Crippen molar-refractivity contribution < 1.29 is 9.59 Å². The van der Waals surface area contributed by atoms with Gasteiger partial charge in [-0.05, 0) is 43.2 Å². The van der Waals surface area contributed by atoms with E-state index in [1.165, 1.54) is 0 Å². The third-order valence-electron chi connectivity index (χ3n) is 3.59. The Balaban J connectivity index is 1.78. The standard InChI is InChI=1S/C18H21N3O2/c1-14-4-3-5-16(12-14)18(23)20-13-17(22)21(2)11-8-15-6-9-19-10-7-15/h3-7,9-10,12H,8,11,13H2,1-2H3,(H,20,23). The van der Waals surface area contributed by atoms with Crippen molar-refractivity contribution in [1.82, 2.24) is 15.2 Å². The van der Waals surface area contributed by atoms with Crippen LogP contribution in [0.1, 0.15) is 21.5 Å². The van der Waals surface area contributed by atoms with Gasteiger partial charge in [-0.15, -0.1) is 0 Å². The minimum Gasteiger partial charge on any atom is -0.344 e. The molecular weight excluding hydrogens is 290 g/mol. The predicted octanol–water partition coefficient (Wildman–Crippen LogP) is 1.82. The van der Waals surface area contributed by atoms with Gasteiger partial charge in [-0.3, -0.25) is 14.6 Å². The number of nitrogens with one attached hydrogen (secondary N) is 1. The Hall–Kier alpha value is -2.69. The number of carbonyl (C=O) groups is 2. The van der Waals surface area contributed by atoms with Gasteiger partial charge in [-0.2, -0.15) is 0 Å². The number of amides is 2. The van der Waals surface area contributed by atoms with Gasteiger partial charge in [-0.25, -0.2) is 0 Å². The van der Waals surface area contributed by atoms with Gasteiger partial charge in [0.1, 0.15) is 0 Å². The maximum absolute atomic E-state index is 12.1. The van der Waals surface area contributed by atoms with E-state index >= 15 is 0 Å². The first-order chi connectivity index (χ1) is 11.1. The van der Waals surface area contributed by atoms with Gasteiger partial charge in [0.25, 0.3) is 5.91 Å². The molecule has 0 aliphatic heterocycles. The second-order valence-corrected chi connectivity index (χ2v) is 5.47. The van der Waals surface area contributed by atoms with Gasteiger partial charge in [-0.1, -0.05) is 17.7 Å². The first kappa shape index (κ1) is 16.7. The quantitative estimate of drug-likeness (QED) is 0.885. The number of benzene rings is 1. The van der Waals surface area contributed by atoms with Gasteiger partial charge >= 0.3 is 0 Å². The average molecular weight is 311 g/mol. The van der Waals surface area contributed by atoms with Crippen LogP contribution in [0.5, 0.6) is 0 Å². The molecule has 1 N–H and O–H groups in total. The second kappa shape index (κ2) is 8.08. The SMILES string of the molecule is Cc1cccc(C(=O)NCC(=O)N(C)CCc2ccncc2)c1. The normalized spacial score (nSPS) is 10.2. The fourth-order valence-corrected chi connectivity index (χ4v) is 2.15. The molecule has 5 heteroatoms. The summed E-state index contributed by atoms with van der Waals surface area (Å²) in [5.74, 6) is -0.343. The minimum atomic E-state index is -0.232. The van der Waals surface area contributed by atoms with E-state index in [1.54, 1.807) is 36.5 Å². The van der Waals surface area contributed by atoms with E-state index in [2.05, 4.69) is 10.3 Å². The largest absolute Gasteiger partial charge is 0.344 e. The van der Waals surface area contributed by atoms with Crippen LogP contribution in [0.15, 0.2) is 48.8 Å². The second-order valence-electron chi connectivity index (χ2n) is 5.47. The number of pyridine rings is 1. The minimum absolute atomic E-state index is 0.000377. The molecule has 23 heavy (non-hydrogen) atoms. The van der Waals surface area contributed by atoms with E-state index < -0.39 is 0 Å². The maximum atomic E-state index is 12.1. The Morgan fingerprint density at radius 2 is 1.91 bits per heavy atom. The zero-order valence-electron chi connectivity index (χ0n) is 13.5. The zero-order valence-corrected chi connectivity index (χ0v) is 13.5. The third-order valence-corrected chi connectivity index (χ3v) is 3.59. The number of aryl methyl sites for hydroxylation is 1. The lowest BCUT2D eigenvalue weighted by molar-refractivity contribution is -0.128. The highest BCUT2D eigenvalue weighted by Gasteiger charge is 2.11. The van der Waals surface area contributed by atoms with Crippen molar-refractivity contribution in [3.8, 4) is 0 Å². The summed E-state index contributed by atoms with van der Waals surface area (Å²) in [6.45, 7) is 2.53. The molecule has 0 spiro atoms. The Morgan fingerprint density at radius 3 is 2.61 bits per heavy atom. The monoisotopic (exact) mass is 311 g/mol. The van der Waals surface area contributed by atoms with Crippen LogP contribution in [0, 0.1) is 6.92 Å². The van der Waals surface area contributed by atoms with Gasteiger partial charge in [0.05, 0.1) is 6.54 Å². The van der Waals surface area contributed by atoms with Crippen LogP contribution in [-0.2, 0) is 11.2 Å². The molecule has 0 radical (unpaired) electrons. The van der Waals surface area contributed by atoms with Crippen molar-refractivity contribution >= 4 is 11.8 Å². The molecular formula is C18H21N3O2. The number of aromatic nitrogens is 1. The number of hydrogen-bond donors (Lipinski definition) is 1. The molecule has 1 aromatic carbocycles. The summed E-state index contributed by atoms with van der Waals surface area (Å²) in [6.07, 6.45) is 4.23. The summed E-state index contributed by atoms with van der Waals surface area (Å²) < 4.78 is 0. The van der Waals surface area contributed by atoms with Crippen molar-refractivity contribution in [1.29, 1.82) is 0 Å². The molecule has 0 saturated heterocycles. The van der Waals surface area contributed by atoms with E-state index in [9.17, 15) is 9.59 Å². The van der Waals surface area contributed by atoms with E-state index in [0.717, 1.165) is 17.5 Å². The fourth-order valence-electron chi connectivity index (χ4n) is 2.15. The molecule has 2 amide bonds. The van der Waals surface area contributed by atoms with Crippen molar-refractivity contribution in [2.75, 3.05) is 20.1 Å². The summed E-state index contributed by atoms with van der Waals surface area (Å²) in [6, 6.07) is 11.1. The fraction of sp³-hybridized carbons (Fsp3) is 0.278. The Labute approximate surface area is 136 Å². The van der Waals surface area contributed by atoms with E-state index in [4.69, 9.17) is 0 Å². The van der Waals surface area contributed by atoms with Crippen LogP contribution >= 0.6 is 0 Å². The Kier molecular flexibility index (Phi) is 5.86. The highest BCUT2D eigenvalue weighted by atomic mass is 16.2. The third kappa shape index (κ3) is 5.21. The zero-order chi connectivity index (χ0) is 16.7. The molecule has 0 fully saturated rings. The van der Waals surface area contributed by atoms with Gasteiger partial charge in [0, 0.05) is 31.5 Å². The van der Waals surface area contributed by atoms with E-state index in [1.807, 2.05) is 31.2 Å². The number of hydrogen-bond acceptors (Lipinski definition) is 3. The number of carbonyl (C=O) groups excluding carboxylic acids is 2. The topological polar surface area (TPSA) is 62.3 Å². The smallest absolute Gasteiger partial charge is 0.251 e. The van der Waals surface area contributed by atoms with Gasteiger partial charge < -0.3 is 10.2 Å². The summed E-state index contributed by atoms with van der Waals surface area (Å²) in [7, 11) is 1.74. The highest BCUT2D eigenvalue weighted by Crippen LogP contribution is 2.03. The maximum Gasteiger partial charge on any atom is 0.251 e. The van der Waals surface area contributed by atoms with E-state index in [-0.39, 0.29) is 18.4 Å². The van der Waals surface area contributed by atoms with Crippen LogP contribution in [-0.4, -0.2) is 41.8 Å². The molecule has 0 saturated carbocycles. The molecule has 0 aliphatic rings. The van der Waals surface area contributed by atoms with Crippen LogP contribution in [0.25, 0.3) is 0 Å². The van der Waals surface area contributed by atoms with Crippen molar-refractivity contribution in [2.45, 2.75) is 13.3 Å². The highest BCUT2D eigenvalue weighted by molar-refractivity contribution is 5.96. The number of rotatable bonds is 6. The molecule has 2 aromatic rings. The molecule has 1 aromatic heterocycles. The predicted molar refractivity (Wildman–Crippen MR) is 89.1 cm³/mol. The molecule has 0 bridgehead atoms. The van der Waals surface area contributed by atoms with Crippen LogP contribution in [0.2, 0.25) is 0 Å². The lowest BCUT2D eigenvalue weighted by atomic mass is 10.1. The lowest BCUT2D eigenvalue weighted by Gasteiger charge is -2.17. The molecule has 120 valence electrons. The average Bonchev–Trinajstić information content (AvgIpc) is 2.58. The summed E-state index contributed by atoms with van der Waals surface area (Å²) in [4.78, 5) is 29.7. The number of likely N-dealkylation sites (N-methyl/N-ethyl adjacent to an activating group) is 1. The summed E-state index contributed by atoms with van der Waals surface area (Å²) in [5.41, 5.74) is 2.71.